The van der Waals surface area contributed by atoms with E-state index in [1.165, 1.54) is 13.0 Å². The number of Topliss-reactive ketones (excluding diaryl/α,β-unsaturated/α-hetero) is 2. The van der Waals surface area contributed by atoms with E-state index in [1.54, 1.807) is 60.7 Å². The van der Waals surface area contributed by atoms with Crippen LogP contribution in [0, 0.1) is 0 Å². The Bertz CT molecular complexity index is 1770. The molecule has 0 radical (unpaired) electrons. The van der Waals surface area contributed by atoms with E-state index in [2.05, 4.69) is 10.6 Å². The van der Waals surface area contributed by atoms with Crippen LogP contribution in [0.25, 0.3) is 0 Å². The molecule has 0 heterocycles. The molecular weight excluding hydrogens is 579 g/mol. The van der Waals surface area contributed by atoms with E-state index in [-0.39, 0.29) is 58.8 Å². The van der Waals surface area contributed by atoms with Gasteiger partial charge in [0.1, 0.15) is 10.1 Å². The molecule has 4 aromatic carbocycles. The molecule has 0 aliphatic heterocycles. The zero-order chi connectivity index (χ0) is 30.4. The molecule has 0 spiro atoms. The number of carbonyl (C=O) groups excluding carboxylic acids is 4. The number of ketones is 2. The van der Waals surface area contributed by atoms with Gasteiger partial charge in [0, 0.05) is 40.0 Å². The molecule has 0 unspecified atom stereocenters. The molecule has 214 valence electrons. The van der Waals surface area contributed by atoms with Crippen LogP contribution in [0.15, 0.2) is 95.9 Å². The Morgan fingerprint density at radius 3 is 1.60 bits per heavy atom. The van der Waals surface area contributed by atoms with Crippen LogP contribution in [-0.4, -0.2) is 36.4 Å². The van der Waals surface area contributed by atoms with Crippen molar-refractivity contribution >= 4 is 44.9 Å². The smallest absolute Gasteiger partial charge is 0.744 e. The van der Waals surface area contributed by atoms with Gasteiger partial charge in [-0.1, -0.05) is 43.3 Å². The molecule has 4 aromatic rings. The molecule has 0 fully saturated rings. The van der Waals surface area contributed by atoms with Crippen molar-refractivity contribution in [3.63, 3.8) is 0 Å². The number of hydrogen-bond donors (Lipinski definition) is 2. The number of carbonyl (C=O) groups is 4. The second-order valence-corrected chi connectivity index (χ2v) is 11.0. The first-order chi connectivity index (χ1) is 19.9. The Kier molecular flexibility index (Phi) is 11.3. The van der Waals surface area contributed by atoms with Gasteiger partial charge in [-0.2, -0.15) is 0 Å². The summed E-state index contributed by atoms with van der Waals surface area (Å²) in [4.78, 5) is 49.3. The van der Waals surface area contributed by atoms with E-state index in [0.717, 1.165) is 24.1 Å². The molecule has 43 heavy (non-hydrogen) atoms. The van der Waals surface area contributed by atoms with E-state index >= 15 is 0 Å². The summed E-state index contributed by atoms with van der Waals surface area (Å²) in [6.07, 6.45) is 0.667. The summed E-state index contributed by atoms with van der Waals surface area (Å²) in [6.45, 7) is 3.43. The molecule has 0 atom stereocenters. The molecule has 0 aliphatic rings. The number of aryl methyl sites for hydroxylation is 1. The summed E-state index contributed by atoms with van der Waals surface area (Å²) < 4.78 is 35.4. The summed E-state index contributed by atoms with van der Waals surface area (Å²) in [5.74, 6) is -1.67. The molecule has 4 rings (SSSR count). The van der Waals surface area contributed by atoms with Gasteiger partial charge in [-0.25, -0.2) is 8.42 Å². The minimum atomic E-state index is -4.96. The fraction of sp³-hybridized carbons (Fsp3) is 0.125. The molecule has 2 amide bonds. The first-order valence-corrected chi connectivity index (χ1v) is 14.4. The van der Waals surface area contributed by atoms with Gasteiger partial charge in [0.2, 0.25) is 0 Å². The Morgan fingerprint density at radius 1 is 0.651 bits per heavy atom. The molecule has 0 aromatic heterocycles. The van der Waals surface area contributed by atoms with E-state index in [1.807, 2.05) is 19.1 Å². The van der Waals surface area contributed by atoms with Crippen molar-refractivity contribution in [3.05, 3.63) is 124 Å². The average Bonchev–Trinajstić information content (AvgIpc) is 2.97. The molecular formula is C32H27N2NaO7S. The van der Waals surface area contributed by atoms with E-state index in [4.69, 9.17) is 0 Å². The van der Waals surface area contributed by atoms with Crippen molar-refractivity contribution in [2.24, 2.45) is 0 Å². The number of anilines is 2. The Balaban J connectivity index is 0.00000506. The van der Waals surface area contributed by atoms with Crippen molar-refractivity contribution in [1.82, 2.24) is 0 Å². The zero-order valence-electron chi connectivity index (χ0n) is 23.8. The van der Waals surface area contributed by atoms with Crippen molar-refractivity contribution < 1.29 is 61.7 Å². The van der Waals surface area contributed by atoms with E-state index in [0.29, 0.717) is 28.1 Å². The third-order valence-corrected chi connectivity index (χ3v) is 7.34. The van der Waals surface area contributed by atoms with Crippen LogP contribution < -0.4 is 40.2 Å². The van der Waals surface area contributed by atoms with Crippen LogP contribution >= 0.6 is 0 Å². The summed E-state index contributed by atoms with van der Waals surface area (Å²) in [5, 5.41) is 5.38. The summed E-state index contributed by atoms with van der Waals surface area (Å²) in [6, 6.07) is 22.9. The van der Waals surface area contributed by atoms with Crippen molar-refractivity contribution in [2.75, 3.05) is 10.6 Å². The quantitative estimate of drug-likeness (QED) is 0.160. The maximum atomic E-state index is 13.1. The van der Waals surface area contributed by atoms with Gasteiger partial charge in [0.15, 0.2) is 11.6 Å². The van der Waals surface area contributed by atoms with Gasteiger partial charge >= 0.3 is 29.6 Å². The molecule has 2 N–H and O–H groups in total. The maximum absolute atomic E-state index is 13.1. The Labute approximate surface area is 271 Å². The maximum Gasteiger partial charge on any atom is 1.00 e. The van der Waals surface area contributed by atoms with Gasteiger partial charge in [0.05, 0.1) is 4.90 Å². The first kappa shape index (κ1) is 33.6. The average molecular weight is 607 g/mol. The number of benzene rings is 4. The van der Waals surface area contributed by atoms with Gasteiger partial charge in [-0.05, 0) is 79.1 Å². The Hall–Kier alpha value is -3.93. The number of nitrogens with one attached hydrogen (secondary N) is 2. The van der Waals surface area contributed by atoms with Crippen LogP contribution in [-0.2, 0) is 23.0 Å². The molecule has 0 aliphatic carbocycles. The van der Waals surface area contributed by atoms with Gasteiger partial charge in [-0.3, -0.25) is 19.2 Å². The van der Waals surface area contributed by atoms with Gasteiger partial charge in [0.25, 0.3) is 11.8 Å². The second-order valence-electron chi connectivity index (χ2n) is 9.59. The molecule has 0 saturated heterocycles. The number of rotatable bonds is 10. The van der Waals surface area contributed by atoms with E-state index < -0.39 is 26.7 Å². The first-order valence-electron chi connectivity index (χ1n) is 13.0. The SMILES string of the molecule is CCc1ccc(NC(=O)c2cc(C(=O)Cc3ccc(NC(=O)c4ccc(C(C)=O)cc4)cc3)cc(S(=O)(=O)[O-])c2)cc1.[Na+]. The second kappa shape index (κ2) is 14.5. The van der Waals surface area contributed by atoms with Crippen LogP contribution in [0.1, 0.15) is 66.4 Å². The van der Waals surface area contributed by atoms with E-state index in [9.17, 15) is 32.1 Å². The third kappa shape index (κ3) is 9.03. The minimum absolute atomic E-state index is 0. The molecule has 9 nitrogen and oxygen atoms in total. The molecule has 11 heteroatoms. The van der Waals surface area contributed by atoms with Crippen LogP contribution in [0.2, 0.25) is 0 Å². The van der Waals surface area contributed by atoms with Crippen LogP contribution in [0.3, 0.4) is 0 Å². The van der Waals surface area contributed by atoms with Crippen LogP contribution in [0.5, 0.6) is 0 Å². The van der Waals surface area contributed by atoms with Gasteiger partial charge < -0.3 is 15.2 Å². The molecule has 0 bridgehead atoms. The third-order valence-electron chi connectivity index (χ3n) is 6.53. The predicted molar refractivity (Wildman–Crippen MR) is 157 cm³/mol. The monoisotopic (exact) mass is 606 g/mol. The van der Waals surface area contributed by atoms with Crippen molar-refractivity contribution in [2.45, 2.75) is 31.6 Å². The van der Waals surface area contributed by atoms with Crippen molar-refractivity contribution in [1.29, 1.82) is 0 Å². The largest absolute Gasteiger partial charge is 1.00 e. The zero-order valence-corrected chi connectivity index (χ0v) is 26.7. The summed E-state index contributed by atoms with van der Waals surface area (Å²) in [5.41, 5.74) is 3.17. The summed E-state index contributed by atoms with van der Waals surface area (Å²) >= 11 is 0. The minimum Gasteiger partial charge on any atom is -0.744 e. The normalized spacial score (nSPS) is 10.8. The molecule has 0 saturated carbocycles. The Morgan fingerprint density at radius 2 is 1.12 bits per heavy atom. The predicted octanol–water partition coefficient (Wildman–Crippen LogP) is 2.29. The fourth-order valence-corrected chi connectivity index (χ4v) is 4.66. The topological polar surface area (TPSA) is 150 Å². The summed E-state index contributed by atoms with van der Waals surface area (Å²) in [7, 11) is -4.96. The fourth-order valence-electron chi connectivity index (χ4n) is 4.12. The van der Waals surface area contributed by atoms with Gasteiger partial charge in [-0.15, -0.1) is 0 Å². The standard InChI is InChI=1S/C32H28N2O7S.Na/c1-3-21-4-12-27(13-5-21)34-32(38)26-17-25(18-29(19-26)42(39,40)41)30(36)16-22-6-14-28(15-7-22)33-31(37)24-10-8-23(9-11-24)20(2)35;/h4-15,17-19H,3,16H2,1-2H3,(H,33,37)(H,34,38)(H,39,40,41);/q;+1/p-1. The number of hydrogen-bond acceptors (Lipinski definition) is 7. The van der Waals surface area contributed by atoms with Crippen molar-refractivity contribution in [3.8, 4) is 0 Å². The number of amides is 2. The van der Waals surface area contributed by atoms with Crippen LogP contribution in [0.4, 0.5) is 11.4 Å².